The fourth-order valence-corrected chi connectivity index (χ4v) is 2.90. The highest BCUT2D eigenvalue weighted by atomic mass is 35.5. The summed E-state index contributed by atoms with van der Waals surface area (Å²) in [6.45, 7) is 0. The number of halogens is 5. The predicted molar refractivity (Wildman–Crippen MR) is 91.6 cm³/mol. The molecule has 0 aliphatic rings. The minimum Gasteiger partial charge on any atom is -0.368 e. The van der Waals surface area contributed by atoms with Gasteiger partial charge in [-0.25, -0.2) is 14.4 Å². The zero-order valence-corrected chi connectivity index (χ0v) is 14.4. The van der Waals surface area contributed by atoms with E-state index in [2.05, 4.69) is 25.5 Å². The minimum atomic E-state index is -4.72. The van der Waals surface area contributed by atoms with Gasteiger partial charge in [-0.2, -0.15) is 17.7 Å². The van der Waals surface area contributed by atoms with Crippen molar-refractivity contribution in [2.24, 2.45) is 0 Å². The quantitative estimate of drug-likeness (QED) is 0.401. The molecular formula is C16H8ClF4N7. The molecule has 0 aliphatic carbocycles. The normalized spacial score (nSPS) is 11.9. The van der Waals surface area contributed by atoms with Crippen LogP contribution in [0.3, 0.4) is 0 Å². The third-order valence-electron chi connectivity index (χ3n) is 3.86. The minimum absolute atomic E-state index is 0.0268. The Morgan fingerprint density at radius 1 is 1.00 bits per heavy atom. The Morgan fingerprint density at radius 2 is 1.71 bits per heavy atom. The van der Waals surface area contributed by atoms with Gasteiger partial charge in [0.05, 0.1) is 11.3 Å². The maximum absolute atomic E-state index is 13.3. The number of nitrogens with two attached hydrogens (primary N) is 1. The van der Waals surface area contributed by atoms with Crippen LogP contribution in [0.15, 0.2) is 36.4 Å². The molecule has 3 aromatic heterocycles. The Morgan fingerprint density at radius 3 is 2.39 bits per heavy atom. The second-order valence-electron chi connectivity index (χ2n) is 5.68. The van der Waals surface area contributed by atoms with Crippen LogP contribution in [-0.4, -0.2) is 30.0 Å². The Labute approximate surface area is 158 Å². The maximum Gasteiger partial charge on any atom is 0.433 e. The van der Waals surface area contributed by atoms with Gasteiger partial charge in [-0.05, 0) is 52.4 Å². The fourth-order valence-electron chi connectivity index (χ4n) is 2.69. The van der Waals surface area contributed by atoms with Gasteiger partial charge in [0.15, 0.2) is 5.65 Å². The number of fused-ring (bicyclic) bond motifs is 1. The van der Waals surface area contributed by atoms with Crippen LogP contribution < -0.4 is 5.73 Å². The van der Waals surface area contributed by atoms with Crippen LogP contribution in [0, 0.1) is 5.82 Å². The van der Waals surface area contributed by atoms with Gasteiger partial charge in [-0.3, -0.25) is 0 Å². The van der Waals surface area contributed by atoms with Gasteiger partial charge in [0.2, 0.25) is 5.95 Å². The van der Waals surface area contributed by atoms with E-state index in [4.69, 9.17) is 17.3 Å². The molecule has 0 atom stereocenters. The lowest BCUT2D eigenvalue weighted by Crippen LogP contribution is -2.09. The standard InChI is InChI=1S/C16H8ClF4N7/c17-11-6-8(5-10(23-11)16(19,20)21)12-13(7-1-3-9(18)4-2-7)24-15(22)28-14(12)25-26-27-28/h1-6H,(H2,22,24). The summed E-state index contributed by atoms with van der Waals surface area (Å²) in [5, 5.41) is 10.7. The summed E-state index contributed by atoms with van der Waals surface area (Å²) < 4.78 is 54.0. The average Bonchev–Trinajstić information content (AvgIpc) is 3.11. The number of aromatic nitrogens is 6. The lowest BCUT2D eigenvalue weighted by molar-refractivity contribution is -0.141. The van der Waals surface area contributed by atoms with Crippen molar-refractivity contribution in [1.82, 2.24) is 30.0 Å². The number of hydrogen-bond acceptors (Lipinski definition) is 6. The first kappa shape index (κ1) is 18.0. The summed E-state index contributed by atoms with van der Waals surface area (Å²) >= 11 is 5.82. The third kappa shape index (κ3) is 3.09. The summed E-state index contributed by atoms with van der Waals surface area (Å²) in [6, 6.07) is 7.23. The van der Waals surface area contributed by atoms with Crippen molar-refractivity contribution in [2.45, 2.75) is 6.18 Å². The van der Waals surface area contributed by atoms with E-state index in [1.807, 2.05) is 0 Å². The molecule has 4 aromatic rings. The van der Waals surface area contributed by atoms with Gasteiger partial charge in [-0.1, -0.05) is 11.6 Å². The highest BCUT2D eigenvalue weighted by Crippen LogP contribution is 2.38. The molecule has 0 radical (unpaired) electrons. The average molecular weight is 410 g/mol. The predicted octanol–water partition coefficient (Wildman–Crippen LogP) is 3.64. The van der Waals surface area contributed by atoms with Gasteiger partial charge in [-0.15, -0.1) is 5.10 Å². The molecular weight excluding hydrogens is 402 g/mol. The number of anilines is 1. The molecule has 2 N–H and O–H groups in total. The number of alkyl halides is 3. The van der Waals surface area contributed by atoms with Crippen molar-refractivity contribution in [3.8, 4) is 22.4 Å². The first-order valence-corrected chi connectivity index (χ1v) is 8.00. The van der Waals surface area contributed by atoms with Gasteiger partial charge >= 0.3 is 6.18 Å². The Hall–Kier alpha value is -3.34. The second-order valence-corrected chi connectivity index (χ2v) is 6.06. The Bertz CT molecular complexity index is 1190. The summed E-state index contributed by atoms with van der Waals surface area (Å²) in [6.07, 6.45) is -4.72. The molecule has 0 amide bonds. The molecule has 0 aliphatic heterocycles. The van der Waals surface area contributed by atoms with Crippen molar-refractivity contribution in [3.63, 3.8) is 0 Å². The van der Waals surface area contributed by atoms with Crippen LogP contribution in [0.1, 0.15) is 5.69 Å². The monoisotopic (exact) mass is 409 g/mol. The second kappa shape index (κ2) is 6.37. The molecule has 7 nitrogen and oxygen atoms in total. The first-order chi connectivity index (χ1) is 13.2. The van der Waals surface area contributed by atoms with Crippen LogP contribution in [0.4, 0.5) is 23.5 Å². The smallest absolute Gasteiger partial charge is 0.368 e. The molecule has 3 heterocycles. The molecule has 1 aromatic carbocycles. The number of hydrogen-bond donors (Lipinski definition) is 1. The van der Waals surface area contributed by atoms with E-state index in [1.165, 1.54) is 30.3 Å². The lowest BCUT2D eigenvalue weighted by atomic mass is 10.00. The number of nitrogens with zero attached hydrogens (tertiary/aromatic N) is 6. The van der Waals surface area contributed by atoms with E-state index in [0.717, 1.165) is 10.6 Å². The van der Waals surface area contributed by atoms with E-state index < -0.39 is 17.7 Å². The summed E-state index contributed by atoms with van der Waals surface area (Å²) in [7, 11) is 0. The first-order valence-electron chi connectivity index (χ1n) is 7.62. The van der Waals surface area contributed by atoms with Crippen LogP contribution >= 0.6 is 11.6 Å². The van der Waals surface area contributed by atoms with Crippen LogP contribution in [0.5, 0.6) is 0 Å². The summed E-state index contributed by atoms with van der Waals surface area (Å²) in [4.78, 5) is 7.52. The highest BCUT2D eigenvalue weighted by molar-refractivity contribution is 6.29. The molecule has 0 unspecified atom stereocenters. The number of nitrogen functional groups attached to an aromatic ring is 1. The number of tetrazole rings is 1. The zero-order chi connectivity index (χ0) is 20.1. The van der Waals surface area contributed by atoms with Crippen LogP contribution in [-0.2, 0) is 6.18 Å². The summed E-state index contributed by atoms with van der Waals surface area (Å²) in [5.41, 5.74) is 5.45. The van der Waals surface area contributed by atoms with E-state index in [0.29, 0.717) is 5.56 Å². The molecule has 4 rings (SSSR count). The summed E-state index contributed by atoms with van der Waals surface area (Å²) in [5.74, 6) is -0.589. The van der Waals surface area contributed by atoms with E-state index in [-0.39, 0.29) is 33.6 Å². The van der Waals surface area contributed by atoms with Crippen molar-refractivity contribution in [3.05, 3.63) is 53.1 Å². The zero-order valence-electron chi connectivity index (χ0n) is 13.6. The van der Waals surface area contributed by atoms with Gasteiger partial charge in [0, 0.05) is 5.56 Å². The fraction of sp³-hybridized carbons (Fsp3) is 0.0625. The van der Waals surface area contributed by atoms with Crippen molar-refractivity contribution >= 4 is 23.2 Å². The van der Waals surface area contributed by atoms with Crippen molar-refractivity contribution in [2.75, 3.05) is 5.73 Å². The molecule has 0 fully saturated rings. The third-order valence-corrected chi connectivity index (χ3v) is 4.06. The van der Waals surface area contributed by atoms with E-state index in [9.17, 15) is 17.6 Å². The molecule has 12 heteroatoms. The van der Waals surface area contributed by atoms with Gasteiger partial charge in [0.25, 0.3) is 0 Å². The molecule has 142 valence electrons. The molecule has 28 heavy (non-hydrogen) atoms. The molecule has 0 saturated carbocycles. The van der Waals surface area contributed by atoms with Crippen molar-refractivity contribution < 1.29 is 17.6 Å². The largest absolute Gasteiger partial charge is 0.433 e. The SMILES string of the molecule is Nc1nc(-c2ccc(F)cc2)c(-c2cc(Cl)nc(C(F)(F)F)c2)c2nnnn12. The maximum atomic E-state index is 13.3. The van der Waals surface area contributed by atoms with Crippen LogP contribution in [0.2, 0.25) is 5.15 Å². The Kier molecular flexibility index (Phi) is 4.11. The van der Waals surface area contributed by atoms with Gasteiger partial charge in [0.1, 0.15) is 16.7 Å². The number of rotatable bonds is 2. The number of benzene rings is 1. The highest BCUT2D eigenvalue weighted by Gasteiger charge is 2.34. The molecule has 0 saturated heterocycles. The molecule has 0 bridgehead atoms. The number of pyridine rings is 1. The van der Waals surface area contributed by atoms with E-state index >= 15 is 0 Å². The van der Waals surface area contributed by atoms with Crippen molar-refractivity contribution in [1.29, 1.82) is 0 Å². The lowest BCUT2D eigenvalue weighted by Gasteiger charge is -2.13. The van der Waals surface area contributed by atoms with E-state index in [1.54, 1.807) is 0 Å². The topological polar surface area (TPSA) is 94.9 Å². The van der Waals surface area contributed by atoms with Gasteiger partial charge < -0.3 is 5.73 Å². The van der Waals surface area contributed by atoms with Crippen LogP contribution in [0.25, 0.3) is 28.0 Å². The molecule has 0 spiro atoms. The Balaban J connectivity index is 2.07.